The highest BCUT2D eigenvalue weighted by Crippen LogP contribution is 2.13. The lowest BCUT2D eigenvalue weighted by Gasteiger charge is -2.03. The van der Waals surface area contributed by atoms with Crippen LogP contribution in [0.5, 0.6) is 0 Å². The summed E-state index contributed by atoms with van der Waals surface area (Å²) in [7, 11) is -2.69. The Morgan fingerprint density at radius 3 is 2.21 bits per heavy atom. The minimum Gasteiger partial charge on any atom is -0.266 e. The fraction of sp³-hybridized carbons (Fsp3) is 0.0714. The van der Waals surface area contributed by atoms with Gasteiger partial charge in [0, 0.05) is 20.3 Å². The largest absolute Gasteiger partial charge is 0.285 e. The highest BCUT2D eigenvalue weighted by atomic mass is 127. The maximum atomic E-state index is 12.4. The Morgan fingerprint density at radius 1 is 1.05 bits per heavy atom. The number of carbonyl (C=O) groups excluding carboxylic acids is 1. The van der Waals surface area contributed by atoms with E-state index in [0.717, 1.165) is 3.57 Å². The molecule has 3 nitrogen and oxygen atoms in total. The summed E-state index contributed by atoms with van der Waals surface area (Å²) in [6.07, 6.45) is 1.48. The van der Waals surface area contributed by atoms with Crippen LogP contribution in [0.25, 0.3) is 0 Å². The van der Waals surface area contributed by atoms with Gasteiger partial charge in [-0.25, -0.2) is 4.21 Å². The number of hydrogen-bond donors (Lipinski definition) is 0. The minimum atomic E-state index is -2.69. The summed E-state index contributed by atoms with van der Waals surface area (Å²) >= 11 is 2.16. The van der Waals surface area contributed by atoms with Gasteiger partial charge in [0.05, 0.1) is 9.73 Å². The molecule has 2 rings (SSSR count). The first-order valence-electron chi connectivity index (χ1n) is 5.56. The third-order valence-corrected chi connectivity index (χ3v) is 4.91. The number of nitrogens with zero attached hydrogens (tertiary/aromatic N) is 1. The van der Waals surface area contributed by atoms with Crippen molar-refractivity contribution in [2.24, 2.45) is 4.36 Å². The lowest BCUT2D eigenvalue weighted by molar-refractivity contribution is 0.100. The standard InChI is InChI=1S/C14H12INO2S/c1-19(18,13-5-3-2-4-6-13)16-14(17)11-7-9-12(15)10-8-11/h2-10H,1H3. The second-order valence-corrected chi connectivity index (χ2v) is 7.52. The van der Waals surface area contributed by atoms with Gasteiger partial charge in [0.2, 0.25) is 0 Å². The molecule has 0 aliphatic heterocycles. The normalized spacial score (nSPS) is 13.6. The molecule has 0 radical (unpaired) electrons. The van der Waals surface area contributed by atoms with Crippen LogP contribution in [0.3, 0.4) is 0 Å². The number of benzene rings is 2. The molecule has 0 bridgehead atoms. The van der Waals surface area contributed by atoms with E-state index >= 15 is 0 Å². The van der Waals surface area contributed by atoms with Gasteiger partial charge in [-0.3, -0.25) is 4.79 Å². The molecule has 0 aromatic heterocycles. The summed E-state index contributed by atoms with van der Waals surface area (Å²) in [6.45, 7) is 0. The van der Waals surface area contributed by atoms with Crippen molar-refractivity contribution in [3.8, 4) is 0 Å². The SMILES string of the molecule is CS(=O)(=NC(=O)c1ccc(I)cc1)c1ccccc1. The zero-order valence-electron chi connectivity index (χ0n) is 10.2. The second-order valence-electron chi connectivity index (χ2n) is 4.02. The van der Waals surface area contributed by atoms with Gasteiger partial charge >= 0.3 is 0 Å². The third-order valence-electron chi connectivity index (χ3n) is 2.53. The van der Waals surface area contributed by atoms with Crippen molar-refractivity contribution in [2.45, 2.75) is 4.90 Å². The van der Waals surface area contributed by atoms with E-state index in [1.54, 1.807) is 36.4 Å². The molecule has 0 saturated heterocycles. The van der Waals surface area contributed by atoms with Gasteiger partial charge in [0.1, 0.15) is 0 Å². The van der Waals surface area contributed by atoms with Crippen molar-refractivity contribution in [1.82, 2.24) is 0 Å². The molecule has 2 aromatic carbocycles. The number of halogens is 1. The van der Waals surface area contributed by atoms with Crippen molar-refractivity contribution >= 4 is 38.2 Å². The average molecular weight is 385 g/mol. The van der Waals surface area contributed by atoms with E-state index in [2.05, 4.69) is 27.0 Å². The van der Waals surface area contributed by atoms with Gasteiger partial charge < -0.3 is 0 Å². The van der Waals surface area contributed by atoms with Crippen LogP contribution >= 0.6 is 22.6 Å². The first-order valence-corrected chi connectivity index (χ1v) is 8.56. The van der Waals surface area contributed by atoms with Gasteiger partial charge in [-0.1, -0.05) is 18.2 Å². The van der Waals surface area contributed by atoms with E-state index in [1.165, 1.54) is 6.26 Å². The topological polar surface area (TPSA) is 46.5 Å². The summed E-state index contributed by atoms with van der Waals surface area (Å²) in [4.78, 5) is 12.6. The molecule has 0 aliphatic rings. The fourth-order valence-electron chi connectivity index (χ4n) is 1.53. The first-order chi connectivity index (χ1) is 8.99. The average Bonchev–Trinajstić information content (AvgIpc) is 2.40. The molecule has 0 aliphatic carbocycles. The molecular weight excluding hydrogens is 373 g/mol. The van der Waals surface area contributed by atoms with Crippen molar-refractivity contribution in [1.29, 1.82) is 0 Å². The van der Waals surface area contributed by atoms with E-state index in [9.17, 15) is 9.00 Å². The second kappa shape index (κ2) is 5.83. The smallest absolute Gasteiger partial charge is 0.266 e. The van der Waals surface area contributed by atoms with Crippen LogP contribution in [-0.4, -0.2) is 16.4 Å². The van der Waals surface area contributed by atoms with E-state index in [4.69, 9.17) is 0 Å². The predicted octanol–water partition coefficient (Wildman–Crippen LogP) is 3.59. The van der Waals surface area contributed by atoms with E-state index in [-0.39, 0.29) is 0 Å². The van der Waals surface area contributed by atoms with Crippen LogP contribution in [0.15, 0.2) is 63.9 Å². The van der Waals surface area contributed by atoms with E-state index in [0.29, 0.717) is 10.5 Å². The molecular formula is C14H12INO2S. The Labute approximate surface area is 126 Å². The highest BCUT2D eigenvalue weighted by molar-refractivity contribution is 14.1. The number of carbonyl (C=O) groups is 1. The highest BCUT2D eigenvalue weighted by Gasteiger charge is 2.10. The van der Waals surface area contributed by atoms with Gasteiger partial charge in [0.25, 0.3) is 5.91 Å². The van der Waals surface area contributed by atoms with Gasteiger partial charge in [0.15, 0.2) is 0 Å². The van der Waals surface area contributed by atoms with Crippen LogP contribution in [0.4, 0.5) is 0 Å². The van der Waals surface area contributed by atoms with E-state index in [1.807, 2.05) is 18.2 Å². The Bertz CT molecular complexity index is 702. The summed E-state index contributed by atoms with van der Waals surface area (Å²) in [5, 5.41) is 0. The lowest BCUT2D eigenvalue weighted by Crippen LogP contribution is -2.03. The summed E-state index contributed by atoms with van der Waals surface area (Å²) in [5.41, 5.74) is 0.450. The molecule has 19 heavy (non-hydrogen) atoms. The zero-order valence-corrected chi connectivity index (χ0v) is 13.2. The van der Waals surface area contributed by atoms with Gasteiger partial charge in [-0.15, -0.1) is 0 Å². The molecule has 0 heterocycles. The summed E-state index contributed by atoms with van der Waals surface area (Å²) < 4.78 is 17.4. The van der Waals surface area contributed by atoms with Gasteiger partial charge in [-0.2, -0.15) is 4.36 Å². The molecule has 2 aromatic rings. The molecule has 0 spiro atoms. The third kappa shape index (κ3) is 3.63. The number of hydrogen-bond acceptors (Lipinski definition) is 2. The number of amides is 1. The molecule has 0 fully saturated rings. The minimum absolute atomic E-state index is 0.450. The maximum absolute atomic E-state index is 12.4. The van der Waals surface area contributed by atoms with Crippen LogP contribution < -0.4 is 0 Å². The summed E-state index contributed by atoms with van der Waals surface area (Å²) in [6, 6.07) is 15.8. The monoisotopic (exact) mass is 385 g/mol. The van der Waals surface area contributed by atoms with Crippen LogP contribution in [0, 0.1) is 3.57 Å². The molecule has 98 valence electrons. The van der Waals surface area contributed by atoms with Crippen molar-refractivity contribution in [2.75, 3.05) is 6.26 Å². The van der Waals surface area contributed by atoms with Crippen molar-refractivity contribution in [3.05, 3.63) is 63.7 Å². The zero-order chi connectivity index (χ0) is 13.9. The van der Waals surface area contributed by atoms with E-state index < -0.39 is 15.6 Å². The Morgan fingerprint density at radius 2 is 1.63 bits per heavy atom. The van der Waals surface area contributed by atoms with Crippen LogP contribution in [0.1, 0.15) is 10.4 Å². The Balaban J connectivity index is 2.38. The Hall–Kier alpha value is -1.21. The molecule has 1 atom stereocenters. The van der Waals surface area contributed by atoms with Crippen LogP contribution in [-0.2, 0) is 9.73 Å². The molecule has 0 saturated carbocycles. The molecule has 1 amide bonds. The van der Waals surface area contributed by atoms with Crippen LogP contribution in [0.2, 0.25) is 0 Å². The quantitative estimate of drug-likeness (QED) is 0.742. The molecule has 5 heteroatoms. The fourth-order valence-corrected chi connectivity index (χ4v) is 3.08. The number of rotatable bonds is 2. The van der Waals surface area contributed by atoms with Crippen molar-refractivity contribution in [3.63, 3.8) is 0 Å². The van der Waals surface area contributed by atoms with Gasteiger partial charge in [-0.05, 0) is 59.0 Å². The molecule has 0 N–H and O–H groups in total. The Kier molecular flexibility index (Phi) is 4.36. The predicted molar refractivity (Wildman–Crippen MR) is 84.7 cm³/mol. The summed E-state index contributed by atoms with van der Waals surface area (Å²) in [5.74, 6) is -0.451. The lowest BCUT2D eigenvalue weighted by atomic mass is 10.2. The van der Waals surface area contributed by atoms with Crippen molar-refractivity contribution < 1.29 is 9.00 Å². The molecule has 1 unspecified atom stereocenters. The maximum Gasteiger partial charge on any atom is 0.285 e. The first kappa shape index (κ1) is 14.2.